The van der Waals surface area contributed by atoms with Crippen molar-refractivity contribution in [2.75, 3.05) is 14.2 Å². The number of benzene rings is 8. The minimum absolute atomic E-state index is 0.0151. The van der Waals surface area contributed by atoms with Crippen LogP contribution < -0.4 is 0 Å². The Kier molecular flexibility index (Phi) is 13.0. The van der Waals surface area contributed by atoms with E-state index >= 15 is 0 Å². The highest BCUT2D eigenvalue weighted by Crippen LogP contribution is 2.44. The standard InChI is InChI=1S/C66H50N6O8/c1-79-63(77)55(37-49-39-69(41-67-49)65(43-21-9-3-10-22-43,44-23-11-4-12-24-44)45-25-13-5-14-26-45)71-59(73)51-33-35-53-58-54(36-34-52(57(51)58)60(71)74)62(76)72(61(53)75)56(64(78)80-2)38-50-40-70(42-68-50)66(46-27-15-6-16-28-46,47-29-17-7-18-30-47)48-31-19-8-20-32-48/h3-36,39-42,55-56H,37-38H2,1-2H3/t55-,56-/m0/s1. The largest absolute Gasteiger partial charge is 0.467 e. The first-order valence-corrected chi connectivity index (χ1v) is 26.0. The van der Waals surface area contributed by atoms with Crippen LogP contribution in [0, 0.1) is 0 Å². The molecule has 0 fully saturated rings. The molecule has 0 spiro atoms. The quantitative estimate of drug-likeness (QED) is 0.0517. The monoisotopic (exact) mass is 1050 g/mol. The number of hydrogen-bond acceptors (Lipinski definition) is 10. The Morgan fingerprint density at radius 2 is 0.625 bits per heavy atom. The van der Waals surface area contributed by atoms with Gasteiger partial charge in [-0.3, -0.25) is 29.0 Å². The predicted octanol–water partition coefficient (Wildman–Crippen LogP) is 9.67. The molecule has 0 saturated heterocycles. The van der Waals surface area contributed by atoms with Crippen molar-refractivity contribution in [2.24, 2.45) is 0 Å². The second kappa shape index (κ2) is 20.6. The lowest BCUT2D eigenvalue weighted by Crippen LogP contribution is -2.53. The molecule has 2 atom stereocenters. The minimum atomic E-state index is -1.49. The van der Waals surface area contributed by atoms with Crippen LogP contribution in [0.1, 0.15) is 86.2 Å². The van der Waals surface area contributed by atoms with Crippen LogP contribution in [0.2, 0.25) is 0 Å². The molecule has 12 rings (SSSR count). The van der Waals surface area contributed by atoms with E-state index < -0.39 is 58.7 Å². The normalized spacial score (nSPS) is 14.0. The van der Waals surface area contributed by atoms with Gasteiger partial charge in [-0.25, -0.2) is 19.6 Å². The van der Waals surface area contributed by atoms with Gasteiger partial charge >= 0.3 is 11.9 Å². The Labute approximate surface area is 460 Å². The molecule has 2 aromatic heterocycles. The lowest BCUT2D eigenvalue weighted by molar-refractivity contribution is -0.146. The summed E-state index contributed by atoms with van der Waals surface area (Å²) < 4.78 is 14.5. The third kappa shape index (κ3) is 8.02. The van der Waals surface area contributed by atoms with Gasteiger partial charge in [0.05, 0.1) is 38.3 Å². The van der Waals surface area contributed by atoms with Crippen LogP contribution in [0.5, 0.6) is 0 Å². The van der Waals surface area contributed by atoms with Crippen LogP contribution in [-0.2, 0) is 43.0 Å². The molecule has 8 aromatic carbocycles. The van der Waals surface area contributed by atoms with Gasteiger partial charge in [-0.1, -0.05) is 182 Å². The van der Waals surface area contributed by atoms with Crippen LogP contribution in [0.3, 0.4) is 0 Å². The van der Waals surface area contributed by atoms with E-state index in [1.807, 2.05) is 204 Å². The van der Waals surface area contributed by atoms with Crippen molar-refractivity contribution in [3.63, 3.8) is 0 Å². The van der Waals surface area contributed by atoms with Gasteiger partial charge in [0.2, 0.25) is 0 Å². The average molecular weight is 1060 g/mol. The molecule has 2 aliphatic heterocycles. The van der Waals surface area contributed by atoms with Crippen LogP contribution in [0.4, 0.5) is 0 Å². The molecule has 4 amide bonds. The van der Waals surface area contributed by atoms with Gasteiger partial charge in [0.1, 0.15) is 23.2 Å². The van der Waals surface area contributed by atoms with Crippen molar-refractivity contribution in [2.45, 2.75) is 36.0 Å². The third-order valence-electron chi connectivity index (χ3n) is 15.5. The third-order valence-corrected chi connectivity index (χ3v) is 15.5. The van der Waals surface area contributed by atoms with E-state index in [0.717, 1.165) is 43.2 Å². The molecule has 0 unspecified atom stereocenters. The number of rotatable bonds is 16. The maximum Gasteiger partial charge on any atom is 0.329 e. The molecule has 0 aliphatic carbocycles. The van der Waals surface area contributed by atoms with E-state index in [1.165, 1.54) is 38.5 Å². The summed E-state index contributed by atoms with van der Waals surface area (Å²) in [5, 5.41) is 0.151. The van der Waals surface area contributed by atoms with Crippen molar-refractivity contribution in [1.82, 2.24) is 28.9 Å². The predicted molar refractivity (Wildman–Crippen MR) is 298 cm³/mol. The van der Waals surface area contributed by atoms with E-state index in [9.17, 15) is 28.8 Å². The lowest BCUT2D eigenvalue weighted by Gasteiger charge is -2.37. The number of nitrogens with zero attached hydrogens (tertiary/aromatic N) is 6. The number of esters is 2. The van der Waals surface area contributed by atoms with Crippen LogP contribution >= 0.6 is 0 Å². The van der Waals surface area contributed by atoms with Crippen molar-refractivity contribution in [3.8, 4) is 0 Å². The molecule has 0 radical (unpaired) electrons. The fraction of sp³-hybridized carbons (Fsp3) is 0.121. The molecule has 4 heterocycles. The van der Waals surface area contributed by atoms with Gasteiger partial charge in [-0.15, -0.1) is 0 Å². The number of imidazole rings is 2. The van der Waals surface area contributed by atoms with Gasteiger partial charge in [-0.2, -0.15) is 0 Å². The number of aromatic nitrogens is 4. The summed E-state index contributed by atoms with van der Waals surface area (Å²) in [6, 6.07) is 62.4. The second-order valence-corrected chi connectivity index (χ2v) is 19.7. The first kappa shape index (κ1) is 50.5. The molecule has 0 saturated carbocycles. The van der Waals surface area contributed by atoms with Crippen LogP contribution in [-0.4, -0.2) is 90.8 Å². The topological polar surface area (TPSA) is 163 Å². The number of carbonyl (C=O) groups excluding carboxylic acids is 6. The van der Waals surface area contributed by atoms with Crippen molar-refractivity contribution >= 4 is 46.3 Å². The summed E-state index contributed by atoms with van der Waals surface area (Å²) >= 11 is 0. The van der Waals surface area contributed by atoms with Gasteiger partial charge < -0.3 is 18.6 Å². The van der Waals surface area contributed by atoms with E-state index in [4.69, 9.17) is 19.4 Å². The fourth-order valence-electron chi connectivity index (χ4n) is 12.0. The van der Waals surface area contributed by atoms with Crippen molar-refractivity contribution in [3.05, 3.63) is 298 Å². The molecule has 10 aromatic rings. The van der Waals surface area contributed by atoms with Crippen molar-refractivity contribution < 1.29 is 38.2 Å². The number of amides is 4. The zero-order valence-corrected chi connectivity index (χ0v) is 43.5. The highest BCUT2D eigenvalue weighted by atomic mass is 16.5. The molecular formula is C66H50N6O8. The van der Waals surface area contributed by atoms with Crippen LogP contribution in [0.15, 0.2) is 231 Å². The highest BCUT2D eigenvalue weighted by molar-refractivity contribution is 6.34. The fourth-order valence-corrected chi connectivity index (χ4v) is 12.0. The number of methoxy groups -OCH3 is 2. The maximum absolute atomic E-state index is 14.9. The van der Waals surface area contributed by atoms with Gasteiger partial charge in [0.15, 0.2) is 0 Å². The molecule has 2 aliphatic rings. The van der Waals surface area contributed by atoms with Gasteiger partial charge in [0.25, 0.3) is 23.6 Å². The summed E-state index contributed by atoms with van der Waals surface area (Å²) in [6.07, 6.45) is 6.54. The highest BCUT2D eigenvalue weighted by Gasteiger charge is 2.48. The first-order valence-electron chi connectivity index (χ1n) is 26.0. The number of ether oxygens (including phenoxy) is 2. The molecule has 14 heteroatoms. The maximum atomic E-state index is 14.9. The first-order chi connectivity index (χ1) is 39.1. The SMILES string of the molecule is COC(=O)[C@H](Cc1cn(C(c2ccccc2)(c2ccccc2)c2ccccc2)cn1)N1C(=O)c2ccc3c4c(ccc(c24)C1=O)C(=O)N([C@@H](Cc1cn(C(c2ccccc2)(c2ccccc2)c2ccccc2)cn1)C(=O)OC)C3=O. The minimum Gasteiger partial charge on any atom is -0.467 e. The van der Waals surface area contributed by atoms with E-state index in [-0.39, 0.29) is 45.9 Å². The second-order valence-electron chi connectivity index (χ2n) is 19.7. The van der Waals surface area contributed by atoms with Crippen molar-refractivity contribution in [1.29, 1.82) is 0 Å². The van der Waals surface area contributed by atoms with E-state index in [2.05, 4.69) is 0 Å². The number of hydrogen-bond donors (Lipinski definition) is 0. The summed E-state index contributed by atoms with van der Waals surface area (Å²) in [7, 11) is 2.36. The van der Waals surface area contributed by atoms with E-state index in [0.29, 0.717) is 11.4 Å². The Bertz CT molecular complexity index is 3490. The zero-order chi connectivity index (χ0) is 55.1. The number of carbonyl (C=O) groups is 6. The molecule has 392 valence electrons. The molecule has 80 heavy (non-hydrogen) atoms. The summed E-state index contributed by atoms with van der Waals surface area (Å²) in [5.41, 5.74) is 4.45. The van der Waals surface area contributed by atoms with E-state index in [1.54, 1.807) is 12.7 Å². The van der Waals surface area contributed by atoms with Crippen LogP contribution in [0.25, 0.3) is 10.8 Å². The smallest absolute Gasteiger partial charge is 0.329 e. The molecule has 0 N–H and O–H groups in total. The Hall–Kier alpha value is -10.3. The van der Waals surface area contributed by atoms with Gasteiger partial charge in [-0.05, 0) is 57.6 Å². The molecular weight excluding hydrogens is 1000 g/mol. The average Bonchev–Trinajstić information content (AvgIpc) is 4.28. The summed E-state index contributed by atoms with van der Waals surface area (Å²) in [6.45, 7) is 0. The summed E-state index contributed by atoms with van der Waals surface area (Å²) in [5.74, 6) is -5.07. The molecule has 14 nitrogen and oxygen atoms in total. The Morgan fingerprint density at radius 1 is 0.388 bits per heavy atom. The summed E-state index contributed by atoms with van der Waals surface area (Å²) in [4.78, 5) is 99.1. The Morgan fingerprint density at radius 3 is 0.850 bits per heavy atom. The van der Waals surface area contributed by atoms with Gasteiger partial charge in [0, 0.05) is 58.3 Å². The zero-order valence-electron chi connectivity index (χ0n) is 43.5. The Balaban J connectivity index is 0.882. The molecule has 0 bridgehead atoms. The number of imide groups is 2. The lowest BCUT2D eigenvalue weighted by atomic mass is 9.77.